The molecule has 0 aromatic heterocycles. The van der Waals surface area contributed by atoms with Gasteiger partial charge in [0.2, 0.25) is 0 Å². The Morgan fingerprint density at radius 2 is 1.37 bits per heavy atom. The number of aromatic hydroxyl groups is 2. The van der Waals surface area contributed by atoms with Crippen LogP contribution in [-0.2, 0) is 0 Å². The standard InChI is InChI=1S/C15H12O4/c16-11-7-4-8-12(17)15(11)14(19)9-13(18)10-5-2-1-3-6-10/h1-8,16-17H,9H2. The van der Waals surface area contributed by atoms with Gasteiger partial charge in [0.1, 0.15) is 17.1 Å². The molecule has 2 aromatic carbocycles. The minimum Gasteiger partial charge on any atom is -0.507 e. The van der Waals surface area contributed by atoms with Crippen LogP contribution in [0.5, 0.6) is 11.5 Å². The van der Waals surface area contributed by atoms with Crippen molar-refractivity contribution in [2.24, 2.45) is 0 Å². The van der Waals surface area contributed by atoms with Crippen molar-refractivity contribution in [2.45, 2.75) is 6.42 Å². The summed E-state index contributed by atoms with van der Waals surface area (Å²) in [6.07, 6.45) is -0.394. The van der Waals surface area contributed by atoms with Crippen LogP contribution in [0.1, 0.15) is 27.1 Å². The van der Waals surface area contributed by atoms with Crippen LogP contribution in [0.4, 0.5) is 0 Å². The molecule has 0 spiro atoms. The van der Waals surface area contributed by atoms with E-state index in [0.717, 1.165) is 0 Å². The van der Waals surface area contributed by atoms with Crippen molar-refractivity contribution in [3.63, 3.8) is 0 Å². The van der Waals surface area contributed by atoms with Gasteiger partial charge in [-0.25, -0.2) is 0 Å². The number of rotatable bonds is 4. The molecule has 19 heavy (non-hydrogen) atoms. The van der Waals surface area contributed by atoms with Gasteiger partial charge in [-0.15, -0.1) is 0 Å². The fourth-order valence-corrected chi connectivity index (χ4v) is 1.77. The van der Waals surface area contributed by atoms with E-state index in [1.807, 2.05) is 0 Å². The summed E-state index contributed by atoms with van der Waals surface area (Å²) in [5.74, 6) is -1.62. The molecule has 0 aliphatic rings. The second-order valence-electron chi connectivity index (χ2n) is 4.06. The quantitative estimate of drug-likeness (QED) is 0.651. The summed E-state index contributed by atoms with van der Waals surface area (Å²) < 4.78 is 0. The van der Waals surface area contributed by atoms with Gasteiger partial charge in [-0.3, -0.25) is 9.59 Å². The molecule has 0 saturated carbocycles. The zero-order chi connectivity index (χ0) is 13.8. The highest BCUT2D eigenvalue weighted by molar-refractivity contribution is 6.15. The highest BCUT2D eigenvalue weighted by Gasteiger charge is 2.19. The van der Waals surface area contributed by atoms with Gasteiger partial charge in [0.25, 0.3) is 0 Å². The molecule has 4 nitrogen and oxygen atoms in total. The second-order valence-corrected chi connectivity index (χ2v) is 4.06. The van der Waals surface area contributed by atoms with Crippen molar-refractivity contribution in [3.05, 3.63) is 59.7 Å². The average molecular weight is 256 g/mol. The van der Waals surface area contributed by atoms with Crippen molar-refractivity contribution in [3.8, 4) is 11.5 Å². The fraction of sp³-hybridized carbons (Fsp3) is 0.0667. The van der Waals surface area contributed by atoms with Crippen LogP contribution in [0, 0.1) is 0 Å². The molecule has 0 radical (unpaired) electrons. The van der Waals surface area contributed by atoms with Crippen LogP contribution in [0.25, 0.3) is 0 Å². The minimum absolute atomic E-state index is 0.216. The maximum atomic E-state index is 11.9. The lowest BCUT2D eigenvalue weighted by Gasteiger charge is -2.05. The van der Waals surface area contributed by atoms with Gasteiger partial charge in [0.05, 0.1) is 6.42 Å². The van der Waals surface area contributed by atoms with Crippen molar-refractivity contribution in [2.75, 3.05) is 0 Å². The van der Waals surface area contributed by atoms with Crippen LogP contribution in [0.15, 0.2) is 48.5 Å². The van der Waals surface area contributed by atoms with Gasteiger partial charge < -0.3 is 10.2 Å². The largest absolute Gasteiger partial charge is 0.507 e. The normalized spacial score (nSPS) is 10.1. The summed E-state index contributed by atoms with van der Waals surface area (Å²) in [4.78, 5) is 23.8. The number of benzene rings is 2. The van der Waals surface area contributed by atoms with E-state index in [1.165, 1.54) is 18.2 Å². The van der Waals surface area contributed by atoms with Gasteiger partial charge in [-0.05, 0) is 12.1 Å². The van der Waals surface area contributed by atoms with E-state index < -0.39 is 12.2 Å². The first kappa shape index (κ1) is 12.8. The van der Waals surface area contributed by atoms with E-state index in [-0.39, 0.29) is 22.8 Å². The lowest BCUT2D eigenvalue weighted by Crippen LogP contribution is -2.09. The fourth-order valence-electron chi connectivity index (χ4n) is 1.77. The van der Waals surface area contributed by atoms with E-state index in [2.05, 4.69) is 0 Å². The molecule has 0 fully saturated rings. The number of carbonyl (C=O) groups excluding carboxylic acids is 2. The first-order valence-corrected chi connectivity index (χ1v) is 5.72. The number of ketones is 2. The Morgan fingerprint density at radius 3 is 1.95 bits per heavy atom. The predicted molar refractivity (Wildman–Crippen MR) is 69.5 cm³/mol. The Balaban J connectivity index is 2.21. The molecule has 2 aromatic rings. The predicted octanol–water partition coefficient (Wildman–Crippen LogP) is 2.55. The van der Waals surface area contributed by atoms with Crippen LogP contribution in [0.3, 0.4) is 0 Å². The monoisotopic (exact) mass is 256 g/mol. The van der Waals surface area contributed by atoms with Crippen LogP contribution < -0.4 is 0 Å². The zero-order valence-corrected chi connectivity index (χ0v) is 10.0. The lowest BCUT2D eigenvalue weighted by atomic mass is 10.0. The van der Waals surface area contributed by atoms with Crippen LogP contribution in [-0.4, -0.2) is 21.8 Å². The van der Waals surface area contributed by atoms with Crippen molar-refractivity contribution in [1.29, 1.82) is 0 Å². The van der Waals surface area contributed by atoms with Crippen molar-refractivity contribution >= 4 is 11.6 Å². The maximum absolute atomic E-state index is 11.9. The van der Waals surface area contributed by atoms with Crippen LogP contribution in [0.2, 0.25) is 0 Å². The number of phenolic OH excluding ortho intramolecular Hbond substituents is 2. The van der Waals surface area contributed by atoms with Crippen molar-refractivity contribution < 1.29 is 19.8 Å². The Morgan fingerprint density at radius 1 is 0.789 bits per heavy atom. The topological polar surface area (TPSA) is 74.6 Å². The maximum Gasteiger partial charge on any atom is 0.178 e. The smallest absolute Gasteiger partial charge is 0.178 e. The third kappa shape index (κ3) is 2.80. The molecule has 96 valence electrons. The molecule has 0 atom stereocenters. The number of carbonyl (C=O) groups is 2. The number of hydrogen-bond donors (Lipinski definition) is 2. The Hall–Kier alpha value is -2.62. The molecule has 0 saturated heterocycles. The minimum atomic E-state index is -0.607. The summed E-state index contributed by atoms with van der Waals surface area (Å²) in [5.41, 5.74) is 0.206. The summed E-state index contributed by atoms with van der Waals surface area (Å²) >= 11 is 0. The second kappa shape index (κ2) is 5.35. The number of hydrogen-bond acceptors (Lipinski definition) is 4. The molecule has 2 N–H and O–H groups in total. The van der Waals surface area contributed by atoms with E-state index in [4.69, 9.17) is 0 Å². The third-order valence-electron chi connectivity index (χ3n) is 2.72. The van der Waals surface area contributed by atoms with Gasteiger partial charge in [-0.1, -0.05) is 36.4 Å². The van der Waals surface area contributed by atoms with E-state index in [9.17, 15) is 19.8 Å². The zero-order valence-electron chi connectivity index (χ0n) is 10.0. The molecular formula is C15H12O4. The molecule has 0 bridgehead atoms. The molecule has 0 unspecified atom stereocenters. The van der Waals surface area contributed by atoms with Crippen LogP contribution >= 0.6 is 0 Å². The Kier molecular flexibility index (Phi) is 3.61. The Bertz CT molecular complexity index is 597. The first-order valence-electron chi connectivity index (χ1n) is 5.72. The summed E-state index contributed by atoms with van der Waals surface area (Å²) in [5, 5.41) is 19.1. The number of Topliss-reactive ketones (excluding diaryl/α,β-unsaturated/α-hetero) is 2. The molecule has 4 heteroatoms. The van der Waals surface area contributed by atoms with Gasteiger partial charge in [0, 0.05) is 5.56 Å². The molecule has 2 rings (SSSR count). The lowest BCUT2D eigenvalue weighted by molar-refractivity contribution is 0.0892. The third-order valence-corrected chi connectivity index (χ3v) is 2.72. The average Bonchev–Trinajstić information content (AvgIpc) is 2.39. The van der Waals surface area contributed by atoms with Gasteiger partial charge >= 0.3 is 0 Å². The first-order chi connectivity index (χ1) is 9.09. The SMILES string of the molecule is O=C(CC(=O)c1c(O)cccc1O)c1ccccc1. The Labute approximate surface area is 109 Å². The molecular weight excluding hydrogens is 244 g/mol. The molecule has 0 heterocycles. The molecule has 0 amide bonds. The number of phenols is 2. The molecule has 0 aliphatic carbocycles. The van der Waals surface area contributed by atoms with E-state index in [0.29, 0.717) is 5.56 Å². The van der Waals surface area contributed by atoms with Crippen molar-refractivity contribution in [1.82, 2.24) is 0 Å². The highest BCUT2D eigenvalue weighted by Crippen LogP contribution is 2.27. The van der Waals surface area contributed by atoms with Gasteiger partial charge in [0.15, 0.2) is 11.6 Å². The highest BCUT2D eigenvalue weighted by atomic mass is 16.3. The van der Waals surface area contributed by atoms with Gasteiger partial charge in [-0.2, -0.15) is 0 Å². The summed E-state index contributed by atoms with van der Waals surface area (Å²) in [7, 11) is 0. The summed E-state index contributed by atoms with van der Waals surface area (Å²) in [6.45, 7) is 0. The van der Waals surface area contributed by atoms with E-state index >= 15 is 0 Å². The molecule has 0 aliphatic heterocycles. The van der Waals surface area contributed by atoms with E-state index in [1.54, 1.807) is 30.3 Å². The summed E-state index contributed by atoms with van der Waals surface area (Å²) in [6, 6.07) is 12.4.